The Morgan fingerprint density at radius 1 is 0.969 bits per heavy atom. The first-order valence-corrected chi connectivity index (χ1v) is 9.43. The second kappa shape index (κ2) is 8.98. The molecule has 1 aliphatic rings. The van der Waals surface area contributed by atoms with Gasteiger partial charge in [-0.15, -0.1) is 0 Å². The Hall–Kier alpha value is -3.42. The Labute approximate surface area is 179 Å². The Morgan fingerprint density at radius 2 is 1.59 bits per heavy atom. The van der Waals surface area contributed by atoms with Gasteiger partial charge in [-0.25, -0.2) is 0 Å². The van der Waals surface area contributed by atoms with E-state index in [-0.39, 0.29) is 30.0 Å². The maximum Gasteiger partial charge on any atom is 0.422 e. The smallest absolute Gasteiger partial charge is 0.422 e. The first kappa shape index (κ1) is 23.2. The highest BCUT2D eigenvalue weighted by molar-refractivity contribution is 5.97. The largest absolute Gasteiger partial charge is 0.483 e. The number of halogens is 6. The predicted molar refractivity (Wildman–Crippen MR) is 102 cm³/mol. The van der Waals surface area contributed by atoms with Gasteiger partial charge in [-0.3, -0.25) is 4.79 Å². The topological polar surface area (TPSA) is 56.6 Å². The lowest BCUT2D eigenvalue weighted by atomic mass is 10.1. The first-order valence-electron chi connectivity index (χ1n) is 9.43. The van der Waals surface area contributed by atoms with Gasteiger partial charge < -0.3 is 14.5 Å². The van der Waals surface area contributed by atoms with Gasteiger partial charge in [0.1, 0.15) is 5.75 Å². The Kier molecular flexibility index (Phi) is 6.52. The molecule has 3 rings (SSSR count). The molecule has 2 aromatic carbocycles. The molecule has 2 aromatic rings. The summed E-state index contributed by atoms with van der Waals surface area (Å²) in [5.41, 5.74) is -0.267. The molecule has 5 nitrogen and oxygen atoms in total. The molecular weight excluding hydrogens is 440 g/mol. The molecule has 0 bridgehead atoms. The lowest BCUT2D eigenvalue weighted by molar-refractivity contribution is -0.153. The third kappa shape index (κ3) is 5.63. The van der Waals surface area contributed by atoms with Crippen molar-refractivity contribution >= 4 is 11.6 Å². The molecular formula is C21H17F6N3O2. The number of carbonyl (C=O) groups is 1. The van der Waals surface area contributed by atoms with E-state index >= 15 is 0 Å². The zero-order valence-corrected chi connectivity index (χ0v) is 16.5. The lowest BCUT2D eigenvalue weighted by Gasteiger charge is -2.36. The number of piperazine rings is 1. The zero-order valence-electron chi connectivity index (χ0n) is 16.5. The van der Waals surface area contributed by atoms with Crippen molar-refractivity contribution in [1.29, 1.82) is 5.26 Å². The lowest BCUT2D eigenvalue weighted by Crippen LogP contribution is -2.48. The maximum absolute atomic E-state index is 12.9. The second-order valence-corrected chi connectivity index (χ2v) is 7.05. The fraction of sp³-hybridized carbons (Fsp3) is 0.333. The van der Waals surface area contributed by atoms with Crippen LogP contribution >= 0.6 is 0 Å². The van der Waals surface area contributed by atoms with Crippen LogP contribution in [0, 0.1) is 11.3 Å². The van der Waals surface area contributed by atoms with Gasteiger partial charge in [0.2, 0.25) is 0 Å². The highest BCUT2D eigenvalue weighted by atomic mass is 19.4. The number of hydrogen-bond acceptors (Lipinski definition) is 4. The van der Waals surface area contributed by atoms with Crippen molar-refractivity contribution in [2.75, 3.05) is 37.7 Å². The molecule has 1 saturated heterocycles. The number of hydrogen-bond donors (Lipinski definition) is 0. The molecule has 0 aliphatic carbocycles. The van der Waals surface area contributed by atoms with Crippen LogP contribution in [-0.4, -0.2) is 49.8 Å². The Bertz CT molecular complexity index is 1000. The number of amides is 1. The van der Waals surface area contributed by atoms with E-state index in [1.54, 1.807) is 4.90 Å². The maximum atomic E-state index is 12.9. The van der Waals surface area contributed by atoms with E-state index in [1.807, 2.05) is 6.07 Å². The van der Waals surface area contributed by atoms with Crippen molar-refractivity contribution in [2.24, 2.45) is 0 Å². The van der Waals surface area contributed by atoms with Gasteiger partial charge in [-0.2, -0.15) is 31.6 Å². The van der Waals surface area contributed by atoms with Crippen LogP contribution in [0.2, 0.25) is 0 Å². The van der Waals surface area contributed by atoms with Gasteiger partial charge in [0, 0.05) is 31.9 Å². The van der Waals surface area contributed by atoms with E-state index in [4.69, 9.17) is 10.00 Å². The van der Waals surface area contributed by atoms with Gasteiger partial charge in [0.25, 0.3) is 5.91 Å². The van der Waals surface area contributed by atoms with Crippen molar-refractivity contribution in [3.05, 3.63) is 59.2 Å². The molecule has 0 radical (unpaired) electrons. The van der Waals surface area contributed by atoms with E-state index in [0.717, 1.165) is 18.2 Å². The minimum Gasteiger partial charge on any atom is -0.483 e. The highest BCUT2D eigenvalue weighted by Gasteiger charge is 2.32. The molecule has 0 atom stereocenters. The third-order valence-electron chi connectivity index (χ3n) is 4.86. The van der Waals surface area contributed by atoms with Crippen molar-refractivity contribution in [1.82, 2.24) is 4.90 Å². The fourth-order valence-corrected chi connectivity index (χ4v) is 3.25. The predicted octanol–water partition coefficient (Wildman–Crippen LogP) is 4.48. The van der Waals surface area contributed by atoms with Crippen molar-refractivity contribution < 1.29 is 35.9 Å². The molecule has 0 aromatic heterocycles. The summed E-state index contributed by atoms with van der Waals surface area (Å²) in [6.07, 6.45) is -9.03. The highest BCUT2D eigenvalue weighted by Crippen LogP contribution is 2.31. The monoisotopic (exact) mass is 457 g/mol. The van der Waals surface area contributed by atoms with E-state index in [2.05, 4.69) is 0 Å². The molecule has 170 valence electrons. The zero-order chi connectivity index (χ0) is 23.5. The molecule has 11 heteroatoms. The number of nitrogens with zero attached hydrogens (tertiary/aromatic N) is 3. The summed E-state index contributed by atoms with van der Waals surface area (Å²) in [5.74, 6) is -0.872. The summed E-state index contributed by atoms with van der Waals surface area (Å²) in [4.78, 5) is 16.1. The third-order valence-corrected chi connectivity index (χ3v) is 4.86. The Balaban J connectivity index is 1.70. The number of benzene rings is 2. The number of anilines is 1. The van der Waals surface area contributed by atoms with Gasteiger partial charge in [0.15, 0.2) is 6.61 Å². The van der Waals surface area contributed by atoms with Gasteiger partial charge in [0.05, 0.1) is 22.8 Å². The van der Waals surface area contributed by atoms with Crippen LogP contribution in [0.5, 0.6) is 5.75 Å². The summed E-state index contributed by atoms with van der Waals surface area (Å²) < 4.78 is 80.5. The average Bonchev–Trinajstić information content (AvgIpc) is 2.76. The molecule has 1 fully saturated rings. The Morgan fingerprint density at radius 3 is 2.12 bits per heavy atom. The summed E-state index contributed by atoms with van der Waals surface area (Å²) in [5, 5.41) is 9.06. The molecule has 0 N–H and O–H groups in total. The van der Waals surface area contributed by atoms with Gasteiger partial charge >= 0.3 is 12.4 Å². The van der Waals surface area contributed by atoms with Crippen LogP contribution in [0.4, 0.5) is 32.0 Å². The molecule has 32 heavy (non-hydrogen) atoms. The summed E-state index contributed by atoms with van der Waals surface area (Å²) in [6, 6.07) is 10.1. The van der Waals surface area contributed by atoms with Crippen LogP contribution in [0.3, 0.4) is 0 Å². The van der Waals surface area contributed by atoms with E-state index in [0.29, 0.717) is 18.8 Å². The SMILES string of the molecule is N#Cc1ccc(OCC(F)(F)F)c(C(=O)N2CCN(c3ccc(C(F)(F)F)cc3)CC2)c1. The number of alkyl halides is 6. The fourth-order valence-electron chi connectivity index (χ4n) is 3.25. The van der Waals surface area contributed by atoms with Crippen LogP contribution in [-0.2, 0) is 6.18 Å². The number of rotatable bonds is 4. The molecule has 0 unspecified atom stereocenters. The van der Waals surface area contributed by atoms with Crippen molar-refractivity contribution in [3.63, 3.8) is 0 Å². The van der Waals surface area contributed by atoms with Crippen LogP contribution in [0.25, 0.3) is 0 Å². The van der Waals surface area contributed by atoms with Crippen molar-refractivity contribution in [3.8, 4) is 11.8 Å². The van der Waals surface area contributed by atoms with Crippen LogP contribution in [0.15, 0.2) is 42.5 Å². The number of ether oxygens (including phenoxy) is 1. The quantitative estimate of drug-likeness (QED) is 0.636. The van der Waals surface area contributed by atoms with Gasteiger partial charge in [-0.1, -0.05) is 0 Å². The summed E-state index contributed by atoms with van der Waals surface area (Å²) in [7, 11) is 0. The molecule has 0 spiro atoms. The molecule has 1 aliphatic heterocycles. The standard InChI is InChI=1S/C21H17F6N3O2/c22-20(23,24)13-32-18-6-1-14(12-28)11-17(18)19(31)30-9-7-29(8-10-30)16-4-2-15(3-5-16)21(25,26)27/h1-6,11H,7-10,13H2. The average molecular weight is 457 g/mol. The minimum absolute atomic E-state index is 0.0936. The van der Waals surface area contributed by atoms with Crippen LogP contribution in [0.1, 0.15) is 21.5 Å². The van der Waals surface area contributed by atoms with Crippen LogP contribution < -0.4 is 9.64 Å². The van der Waals surface area contributed by atoms with Crippen molar-refractivity contribution in [2.45, 2.75) is 12.4 Å². The van der Waals surface area contributed by atoms with Gasteiger partial charge in [-0.05, 0) is 42.5 Å². The van der Waals surface area contributed by atoms with E-state index in [9.17, 15) is 31.1 Å². The first-order chi connectivity index (χ1) is 15.0. The second-order valence-electron chi connectivity index (χ2n) is 7.05. The molecule has 1 amide bonds. The number of nitriles is 1. The summed E-state index contributed by atoms with van der Waals surface area (Å²) >= 11 is 0. The normalized spacial score (nSPS) is 14.8. The minimum atomic E-state index is -4.60. The summed E-state index contributed by atoms with van der Waals surface area (Å²) in [6.45, 7) is -0.576. The molecule has 0 saturated carbocycles. The number of carbonyl (C=O) groups excluding carboxylic acids is 1. The molecule has 1 heterocycles. The van der Waals surface area contributed by atoms with E-state index in [1.165, 1.54) is 29.2 Å². The van der Waals surface area contributed by atoms with E-state index < -0.39 is 30.4 Å².